The van der Waals surface area contributed by atoms with Gasteiger partial charge in [-0.15, -0.1) is 11.3 Å². The van der Waals surface area contributed by atoms with Crippen molar-refractivity contribution in [3.05, 3.63) is 87.9 Å². The zero-order valence-corrected chi connectivity index (χ0v) is 22.0. The zero-order valence-electron chi connectivity index (χ0n) is 19.6. The Balaban J connectivity index is 0.00000306. The lowest BCUT2D eigenvalue weighted by Gasteiger charge is -2.33. The van der Waals surface area contributed by atoms with Crippen LogP contribution in [0.25, 0.3) is 0 Å². The Hall–Kier alpha value is -1.57. The Kier molecular flexibility index (Phi) is 9.25. The van der Waals surface area contributed by atoms with E-state index in [4.69, 9.17) is 9.72 Å². The maximum absolute atomic E-state index is 12.0. The lowest BCUT2D eigenvalue weighted by atomic mass is 9.80. The molecule has 3 aromatic rings. The van der Waals surface area contributed by atoms with Crippen LogP contribution in [0.1, 0.15) is 46.7 Å². The molecular weight excluding hydrogens is 496 g/mol. The number of halogens is 1. The molecule has 6 heteroatoms. The van der Waals surface area contributed by atoms with Gasteiger partial charge in [0.25, 0.3) is 0 Å². The van der Waals surface area contributed by atoms with Crippen molar-refractivity contribution in [1.82, 2.24) is 4.98 Å². The Morgan fingerprint density at radius 2 is 1.67 bits per heavy atom. The van der Waals surface area contributed by atoms with Crippen LogP contribution >= 0.6 is 11.3 Å². The average Bonchev–Trinajstić information content (AvgIpc) is 3.50. The molecule has 2 aromatic carbocycles. The number of ether oxygens (including phenoxy) is 1. The summed E-state index contributed by atoms with van der Waals surface area (Å²) in [5.74, 6) is 0.234. The highest BCUT2D eigenvalue weighted by Gasteiger charge is 2.44. The monoisotopic (exact) mass is 530 g/mol. The highest BCUT2D eigenvalue weighted by molar-refractivity contribution is 7.11. The number of hydrogen-bond acceptors (Lipinski definition) is 4. The topological polar surface area (TPSA) is 42.4 Å². The van der Waals surface area contributed by atoms with Gasteiger partial charge in [-0.2, -0.15) is 0 Å². The number of thiazole rings is 1. The number of hydrogen-bond donors (Lipinski definition) is 1. The van der Waals surface area contributed by atoms with Crippen molar-refractivity contribution in [3.63, 3.8) is 0 Å². The summed E-state index contributed by atoms with van der Waals surface area (Å²) in [7, 11) is 4.46. The minimum absolute atomic E-state index is 0. The quantitative estimate of drug-likeness (QED) is 0.323. The normalized spacial score (nSPS) is 16.3. The van der Waals surface area contributed by atoms with E-state index in [-0.39, 0.29) is 22.9 Å². The summed E-state index contributed by atoms with van der Waals surface area (Å²) < 4.78 is 6.73. The van der Waals surface area contributed by atoms with Crippen LogP contribution in [0.3, 0.4) is 0 Å². The molecule has 1 saturated carbocycles. The number of rotatable bonds is 10. The first-order chi connectivity index (χ1) is 15.5. The van der Waals surface area contributed by atoms with Gasteiger partial charge in [-0.05, 0) is 29.9 Å². The third-order valence-corrected chi connectivity index (χ3v) is 7.68. The fraction of sp³-hybridized carbons (Fsp3) is 0.444. The molecule has 0 spiro atoms. The highest BCUT2D eigenvalue weighted by atomic mass is 79.9. The van der Waals surface area contributed by atoms with Crippen molar-refractivity contribution in [1.29, 1.82) is 0 Å². The van der Waals surface area contributed by atoms with Gasteiger partial charge in [-0.1, -0.05) is 73.5 Å². The van der Waals surface area contributed by atoms with Crippen LogP contribution < -0.4 is 17.0 Å². The second kappa shape index (κ2) is 11.7. The second-order valence-electron chi connectivity index (χ2n) is 9.60. The summed E-state index contributed by atoms with van der Waals surface area (Å²) in [5, 5.41) is 12.8. The number of nitrogens with zero attached hydrogens (tertiary/aromatic N) is 2. The second-order valence-corrected chi connectivity index (χ2v) is 10.7. The Labute approximate surface area is 212 Å². The van der Waals surface area contributed by atoms with Crippen molar-refractivity contribution in [2.24, 2.45) is 5.92 Å². The van der Waals surface area contributed by atoms with E-state index in [1.54, 1.807) is 11.3 Å². The summed E-state index contributed by atoms with van der Waals surface area (Å²) in [6.07, 6.45) is 6.45. The molecule has 1 unspecified atom stereocenters. The molecular formula is C27H35BrN2O2S. The summed E-state index contributed by atoms with van der Waals surface area (Å²) in [4.78, 5) is 5.97. The molecule has 178 valence electrons. The summed E-state index contributed by atoms with van der Waals surface area (Å²) in [6, 6.07) is 20.4. The third kappa shape index (κ3) is 6.52. The lowest BCUT2D eigenvalue weighted by Crippen LogP contribution is -3.00. The van der Waals surface area contributed by atoms with Crippen molar-refractivity contribution < 1.29 is 31.3 Å². The minimum atomic E-state index is -0.989. The van der Waals surface area contributed by atoms with E-state index in [2.05, 4.69) is 26.2 Å². The van der Waals surface area contributed by atoms with Crippen LogP contribution in [-0.4, -0.2) is 41.8 Å². The molecule has 1 aliphatic carbocycles. The molecule has 1 aromatic heterocycles. The number of benzene rings is 2. The molecule has 1 heterocycles. The van der Waals surface area contributed by atoms with E-state index < -0.39 is 5.60 Å². The van der Waals surface area contributed by atoms with Crippen molar-refractivity contribution in [2.75, 3.05) is 27.2 Å². The predicted molar refractivity (Wildman–Crippen MR) is 130 cm³/mol. The highest BCUT2D eigenvalue weighted by Crippen LogP contribution is 2.46. The van der Waals surface area contributed by atoms with Crippen LogP contribution in [0.4, 0.5) is 0 Å². The van der Waals surface area contributed by atoms with Crippen LogP contribution in [0.15, 0.2) is 66.9 Å². The first-order valence-electron chi connectivity index (χ1n) is 11.6. The van der Waals surface area contributed by atoms with Gasteiger partial charge in [0, 0.05) is 6.20 Å². The van der Waals surface area contributed by atoms with Crippen LogP contribution in [0.2, 0.25) is 0 Å². The predicted octanol–water partition coefficient (Wildman–Crippen LogP) is 2.37. The molecule has 33 heavy (non-hydrogen) atoms. The zero-order chi connectivity index (χ0) is 22.4. The van der Waals surface area contributed by atoms with Gasteiger partial charge in [0.05, 0.1) is 32.2 Å². The smallest absolute Gasteiger partial charge is 0.144 e. The van der Waals surface area contributed by atoms with E-state index in [1.807, 2.05) is 54.7 Å². The van der Waals surface area contributed by atoms with Gasteiger partial charge in [-0.25, -0.2) is 4.98 Å². The number of aliphatic hydroxyl groups is 1. The maximum atomic E-state index is 12.0. The van der Waals surface area contributed by atoms with Crippen LogP contribution in [0.5, 0.6) is 0 Å². The molecule has 0 saturated heterocycles. The molecule has 0 bridgehead atoms. The van der Waals surface area contributed by atoms with E-state index in [1.165, 1.54) is 23.3 Å². The molecule has 1 aliphatic rings. The van der Waals surface area contributed by atoms with E-state index in [0.29, 0.717) is 13.2 Å². The first-order valence-corrected chi connectivity index (χ1v) is 12.5. The maximum Gasteiger partial charge on any atom is 0.144 e. The Morgan fingerprint density at radius 1 is 1.03 bits per heavy atom. The standard InChI is InChI=1S/C27H35N2O2S.BrH/c1-29(2,17-18-31-21-22-11-5-3-6-12-22)20-25-19-28-26(32-25)27(30,24-15-9-10-16-24)23-13-7-4-8-14-23;/h3-8,11-14,19,24,30H,9-10,15-18,20-21H2,1-2H3;1H/q+1;/p-1. The van der Waals surface area contributed by atoms with E-state index >= 15 is 0 Å². The SMILES string of the molecule is C[N+](C)(CCOCc1ccccc1)Cc1cnc(C(O)(c2ccccc2)C2CCCC2)s1.[Br-]. The Morgan fingerprint density at radius 3 is 2.33 bits per heavy atom. The van der Waals surface area contributed by atoms with Crippen molar-refractivity contribution >= 4 is 11.3 Å². The van der Waals surface area contributed by atoms with Gasteiger partial charge in [-0.3, -0.25) is 0 Å². The third-order valence-electron chi connectivity index (χ3n) is 6.58. The minimum Gasteiger partial charge on any atom is -1.00 e. The first kappa shape index (κ1) is 26.0. The molecule has 1 fully saturated rings. The van der Waals surface area contributed by atoms with Crippen LogP contribution in [0, 0.1) is 5.92 Å². The fourth-order valence-electron chi connectivity index (χ4n) is 4.70. The lowest BCUT2D eigenvalue weighted by molar-refractivity contribution is -0.903. The molecule has 0 aliphatic heterocycles. The Bertz CT molecular complexity index is 974. The molecule has 0 amide bonds. The number of likely N-dealkylation sites (N-methyl/N-ethyl adjacent to an activating group) is 1. The summed E-state index contributed by atoms with van der Waals surface area (Å²) in [5.41, 5.74) is 1.18. The van der Waals surface area contributed by atoms with Crippen molar-refractivity contribution in [2.45, 2.75) is 44.4 Å². The molecule has 1 N–H and O–H groups in total. The molecule has 4 nitrogen and oxygen atoms in total. The largest absolute Gasteiger partial charge is 1.00 e. The van der Waals surface area contributed by atoms with Gasteiger partial charge < -0.3 is 31.3 Å². The number of aromatic nitrogens is 1. The molecule has 1 atom stereocenters. The van der Waals surface area contributed by atoms with Gasteiger partial charge in [0.2, 0.25) is 0 Å². The number of quaternary nitrogens is 1. The van der Waals surface area contributed by atoms with E-state index in [9.17, 15) is 5.11 Å². The fourth-order valence-corrected chi connectivity index (χ4v) is 6.02. The summed E-state index contributed by atoms with van der Waals surface area (Å²) in [6.45, 7) is 3.16. The van der Waals surface area contributed by atoms with Gasteiger partial charge in [0.15, 0.2) is 0 Å². The molecule has 0 radical (unpaired) electrons. The van der Waals surface area contributed by atoms with Gasteiger partial charge >= 0.3 is 0 Å². The van der Waals surface area contributed by atoms with Crippen molar-refractivity contribution in [3.8, 4) is 0 Å². The average molecular weight is 532 g/mol. The molecule has 4 rings (SSSR count). The van der Waals surface area contributed by atoms with Crippen LogP contribution in [-0.2, 0) is 23.5 Å². The summed E-state index contributed by atoms with van der Waals surface area (Å²) >= 11 is 1.67. The van der Waals surface area contributed by atoms with Gasteiger partial charge in [0.1, 0.15) is 23.7 Å². The van der Waals surface area contributed by atoms with E-state index in [0.717, 1.165) is 41.0 Å².